The summed E-state index contributed by atoms with van der Waals surface area (Å²) in [5.41, 5.74) is 0. The molecule has 0 spiro atoms. The molecule has 0 aromatic carbocycles. The lowest BCUT2D eigenvalue weighted by atomic mass is 10.2. The molecule has 0 radical (unpaired) electrons. The zero-order valence-electron chi connectivity index (χ0n) is 10.6. The molecule has 0 bridgehead atoms. The first-order chi connectivity index (χ1) is 7.86. The van der Waals surface area contributed by atoms with E-state index in [-0.39, 0.29) is 0 Å². The van der Waals surface area contributed by atoms with Gasteiger partial charge >= 0.3 is 0 Å². The Morgan fingerprint density at radius 3 is 2.88 bits per heavy atom. The summed E-state index contributed by atoms with van der Waals surface area (Å²) >= 11 is 2.11. The van der Waals surface area contributed by atoms with Crippen molar-refractivity contribution >= 4 is 11.8 Å². The molecule has 0 amide bonds. The van der Waals surface area contributed by atoms with Crippen LogP contribution in [0.4, 0.5) is 0 Å². The molecule has 2 nitrogen and oxygen atoms in total. The SMILES string of the molecule is CC1CSCCN1CCCCCNC1CC1. The lowest BCUT2D eigenvalue weighted by molar-refractivity contribution is 0.227. The molecular formula is C13H26N2S. The van der Waals surface area contributed by atoms with Gasteiger partial charge in [0.05, 0.1) is 0 Å². The van der Waals surface area contributed by atoms with Gasteiger partial charge in [-0.15, -0.1) is 0 Å². The van der Waals surface area contributed by atoms with Crippen molar-refractivity contribution in [1.82, 2.24) is 10.2 Å². The van der Waals surface area contributed by atoms with Gasteiger partial charge in [0.1, 0.15) is 0 Å². The predicted molar refractivity (Wildman–Crippen MR) is 73.2 cm³/mol. The standard InChI is InChI=1S/C13H26N2S/c1-12-11-16-10-9-15(12)8-4-2-3-7-14-13-5-6-13/h12-14H,2-11H2,1H3. The molecule has 2 rings (SSSR count). The highest BCUT2D eigenvalue weighted by atomic mass is 32.2. The minimum Gasteiger partial charge on any atom is -0.314 e. The Kier molecular flexibility index (Phi) is 5.46. The summed E-state index contributed by atoms with van der Waals surface area (Å²) in [6.07, 6.45) is 7.00. The van der Waals surface area contributed by atoms with Crippen molar-refractivity contribution in [3.05, 3.63) is 0 Å². The minimum absolute atomic E-state index is 0.809. The lowest BCUT2D eigenvalue weighted by Gasteiger charge is -2.32. The van der Waals surface area contributed by atoms with Gasteiger partial charge in [0.2, 0.25) is 0 Å². The van der Waals surface area contributed by atoms with E-state index in [1.54, 1.807) is 0 Å². The highest BCUT2D eigenvalue weighted by Crippen LogP contribution is 2.19. The van der Waals surface area contributed by atoms with Crippen molar-refractivity contribution in [3.63, 3.8) is 0 Å². The fourth-order valence-corrected chi connectivity index (χ4v) is 3.39. The maximum atomic E-state index is 3.59. The Labute approximate surface area is 105 Å². The van der Waals surface area contributed by atoms with E-state index < -0.39 is 0 Å². The first-order valence-electron chi connectivity index (χ1n) is 6.91. The fraction of sp³-hybridized carbons (Fsp3) is 1.00. The van der Waals surface area contributed by atoms with Gasteiger partial charge in [0.15, 0.2) is 0 Å². The molecule has 16 heavy (non-hydrogen) atoms. The van der Waals surface area contributed by atoms with Crippen LogP contribution in [0, 0.1) is 0 Å². The highest BCUT2D eigenvalue weighted by molar-refractivity contribution is 7.99. The van der Waals surface area contributed by atoms with Crippen molar-refractivity contribution in [2.75, 3.05) is 31.1 Å². The van der Waals surface area contributed by atoms with Crippen LogP contribution >= 0.6 is 11.8 Å². The number of rotatable bonds is 7. The zero-order valence-corrected chi connectivity index (χ0v) is 11.4. The fourth-order valence-electron chi connectivity index (χ4n) is 2.30. The van der Waals surface area contributed by atoms with Gasteiger partial charge in [0, 0.05) is 30.1 Å². The molecule has 0 aromatic rings. The van der Waals surface area contributed by atoms with E-state index in [9.17, 15) is 0 Å². The third-order valence-electron chi connectivity index (χ3n) is 3.64. The van der Waals surface area contributed by atoms with E-state index in [2.05, 4.69) is 28.9 Å². The minimum atomic E-state index is 0.809. The quantitative estimate of drug-likeness (QED) is 0.690. The summed E-state index contributed by atoms with van der Waals surface area (Å²) in [5, 5.41) is 3.59. The molecule has 2 aliphatic rings. The normalized spacial score (nSPS) is 27.2. The smallest absolute Gasteiger partial charge is 0.0158 e. The van der Waals surface area contributed by atoms with Gasteiger partial charge in [-0.3, -0.25) is 4.90 Å². The molecule has 1 heterocycles. The molecule has 1 aliphatic heterocycles. The van der Waals surface area contributed by atoms with E-state index in [1.165, 1.54) is 63.2 Å². The largest absolute Gasteiger partial charge is 0.314 e. The van der Waals surface area contributed by atoms with Crippen LogP contribution in [0.5, 0.6) is 0 Å². The maximum Gasteiger partial charge on any atom is 0.0158 e. The van der Waals surface area contributed by atoms with Crippen LogP contribution in [-0.2, 0) is 0 Å². The zero-order chi connectivity index (χ0) is 11.2. The second-order valence-corrected chi connectivity index (χ2v) is 6.40. The van der Waals surface area contributed by atoms with Gasteiger partial charge in [-0.2, -0.15) is 11.8 Å². The van der Waals surface area contributed by atoms with E-state index in [4.69, 9.17) is 0 Å². The van der Waals surface area contributed by atoms with Crippen LogP contribution < -0.4 is 5.32 Å². The van der Waals surface area contributed by atoms with Gasteiger partial charge in [-0.1, -0.05) is 6.42 Å². The van der Waals surface area contributed by atoms with Crippen molar-refractivity contribution < 1.29 is 0 Å². The summed E-state index contributed by atoms with van der Waals surface area (Å²) in [7, 11) is 0. The molecule has 1 saturated heterocycles. The molecule has 3 heteroatoms. The second kappa shape index (κ2) is 6.87. The Hall–Kier alpha value is 0.270. The Morgan fingerprint density at radius 1 is 1.25 bits per heavy atom. The van der Waals surface area contributed by atoms with Crippen molar-refractivity contribution in [3.8, 4) is 0 Å². The Bertz CT molecular complexity index is 194. The van der Waals surface area contributed by atoms with Gasteiger partial charge in [-0.05, 0) is 45.7 Å². The van der Waals surface area contributed by atoms with Crippen LogP contribution in [0.25, 0.3) is 0 Å². The number of nitrogens with one attached hydrogen (secondary N) is 1. The third kappa shape index (κ3) is 4.64. The summed E-state index contributed by atoms with van der Waals surface area (Å²) in [6, 6.07) is 1.70. The average Bonchev–Trinajstić information content (AvgIpc) is 3.09. The van der Waals surface area contributed by atoms with Crippen LogP contribution in [0.15, 0.2) is 0 Å². The Morgan fingerprint density at radius 2 is 2.12 bits per heavy atom. The predicted octanol–water partition coefficient (Wildman–Crippen LogP) is 2.35. The molecule has 1 saturated carbocycles. The number of nitrogens with zero attached hydrogens (tertiary/aromatic N) is 1. The topological polar surface area (TPSA) is 15.3 Å². The summed E-state index contributed by atoms with van der Waals surface area (Å²) in [4.78, 5) is 2.67. The molecule has 2 fully saturated rings. The number of thioether (sulfide) groups is 1. The number of unbranched alkanes of at least 4 members (excludes halogenated alkanes) is 2. The van der Waals surface area contributed by atoms with Crippen LogP contribution in [0.3, 0.4) is 0 Å². The van der Waals surface area contributed by atoms with Crippen LogP contribution in [0.2, 0.25) is 0 Å². The van der Waals surface area contributed by atoms with E-state index >= 15 is 0 Å². The van der Waals surface area contributed by atoms with Crippen LogP contribution in [0.1, 0.15) is 39.0 Å². The van der Waals surface area contributed by atoms with Gasteiger partial charge in [-0.25, -0.2) is 0 Å². The van der Waals surface area contributed by atoms with Crippen molar-refractivity contribution in [1.29, 1.82) is 0 Å². The number of hydrogen-bond donors (Lipinski definition) is 1. The molecule has 1 aliphatic carbocycles. The van der Waals surface area contributed by atoms with E-state index in [0.717, 1.165) is 12.1 Å². The molecule has 1 unspecified atom stereocenters. The highest BCUT2D eigenvalue weighted by Gasteiger charge is 2.19. The van der Waals surface area contributed by atoms with Crippen molar-refractivity contribution in [2.45, 2.75) is 51.1 Å². The first-order valence-corrected chi connectivity index (χ1v) is 8.07. The molecule has 0 aromatic heterocycles. The molecule has 1 N–H and O–H groups in total. The average molecular weight is 242 g/mol. The lowest BCUT2D eigenvalue weighted by Crippen LogP contribution is -2.40. The summed E-state index contributed by atoms with van der Waals surface area (Å²) < 4.78 is 0. The maximum absolute atomic E-state index is 3.59. The summed E-state index contributed by atoms with van der Waals surface area (Å²) in [6.45, 7) is 6.26. The van der Waals surface area contributed by atoms with Gasteiger partial charge in [0.25, 0.3) is 0 Å². The monoisotopic (exact) mass is 242 g/mol. The Balaban J connectivity index is 1.43. The molecule has 94 valence electrons. The second-order valence-electron chi connectivity index (χ2n) is 5.25. The molecule has 1 atom stereocenters. The van der Waals surface area contributed by atoms with E-state index in [0.29, 0.717) is 0 Å². The van der Waals surface area contributed by atoms with Gasteiger partial charge < -0.3 is 5.32 Å². The van der Waals surface area contributed by atoms with Crippen molar-refractivity contribution in [2.24, 2.45) is 0 Å². The van der Waals surface area contributed by atoms with E-state index in [1.807, 2.05) is 0 Å². The first kappa shape index (κ1) is 12.7. The van der Waals surface area contributed by atoms with Crippen LogP contribution in [-0.4, -0.2) is 48.1 Å². The molecular weight excluding hydrogens is 216 g/mol. The number of hydrogen-bond acceptors (Lipinski definition) is 3. The third-order valence-corrected chi connectivity index (χ3v) is 4.83. The summed E-state index contributed by atoms with van der Waals surface area (Å²) in [5.74, 6) is 2.68.